The van der Waals surface area contributed by atoms with Crippen molar-refractivity contribution in [3.05, 3.63) is 52.2 Å². The van der Waals surface area contributed by atoms with E-state index in [-0.39, 0.29) is 11.8 Å². The van der Waals surface area contributed by atoms with Crippen molar-refractivity contribution in [2.24, 2.45) is 0 Å². The first kappa shape index (κ1) is 17.6. The first-order valence-corrected chi connectivity index (χ1v) is 9.34. The molecule has 4 nitrogen and oxygen atoms in total. The predicted octanol–water partition coefficient (Wildman–Crippen LogP) is 3.25. The molecule has 2 amide bonds. The summed E-state index contributed by atoms with van der Waals surface area (Å²) in [6.07, 6.45) is 2.03. The van der Waals surface area contributed by atoms with Crippen LogP contribution in [0.1, 0.15) is 22.2 Å². The van der Waals surface area contributed by atoms with Crippen molar-refractivity contribution in [1.82, 2.24) is 10.2 Å². The van der Waals surface area contributed by atoms with E-state index in [1.165, 1.54) is 16.2 Å². The molecule has 0 aliphatic rings. The fourth-order valence-corrected chi connectivity index (χ4v) is 3.19. The maximum Gasteiger partial charge on any atom is 0.261 e. The number of amides is 2. The standard InChI is InChI=1S/C17H20N2O2S2/c1-12(18-16(20)15-5-4-10-23-15)17(21)19(2)11-13-6-8-14(22-3)9-7-13/h4-10,12H,11H2,1-3H3,(H,18,20). The Kier molecular flexibility index (Phi) is 6.24. The van der Waals surface area contributed by atoms with Crippen LogP contribution < -0.4 is 5.32 Å². The number of likely N-dealkylation sites (N-methyl/N-ethyl adjacent to an activating group) is 1. The van der Waals surface area contributed by atoms with Crippen LogP contribution in [0, 0.1) is 0 Å². The zero-order chi connectivity index (χ0) is 16.8. The Labute approximate surface area is 144 Å². The van der Waals surface area contributed by atoms with E-state index in [9.17, 15) is 9.59 Å². The molecule has 0 radical (unpaired) electrons. The second-order valence-corrected chi connectivity index (χ2v) is 7.04. The maximum atomic E-state index is 12.4. The van der Waals surface area contributed by atoms with Crippen molar-refractivity contribution in [2.45, 2.75) is 24.4 Å². The predicted molar refractivity (Wildman–Crippen MR) is 95.9 cm³/mol. The summed E-state index contributed by atoms with van der Waals surface area (Å²) < 4.78 is 0. The molecule has 0 bridgehead atoms. The topological polar surface area (TPSA) is 49.4 Å². The highest BCUT2D eigenvalue weighted by Gasteiger charge is 2.20. The van der Waals surface area contributed by atoms with Gasteiger partial charge < -0.3 is 10.2 Å². The molecule has 0 saturated carbocycles. The summed E-state index contributed by atoms with van der Waals surface area (Å²) in [5.74, 6) is -0.317. The number of hydrogen-bond donors (Lipinski definition) is 1. The molecule has 6 heteroatoms. The normalized spacial score (nSPS) is 11.8. The summed E-state index contributed by atoms with van der Waals surface area (Å²) in [6.45, 7) is 2.23. The van der Waals surface area contributed by atoms with Crippen molar-refractivity contribution < 1.29 is 9.59 Å². The van der Waals surface area contributed by atoms with Crippen LogP contribution >= 0.6 is 23.1 Å². The number of carbonyl (C=O) groups is 2. The minimum Gasteiger partial charge on any atom is -0.340 e. The number of carbonyl (C=O) groups excluding carboxylic acids is 2. The van der Waals surface area contributed by atoms with Crippen LogP contribution in [0.3, 0.4) is 0 Å². The molecule has 1 heterocycles. The monoisotopic (exact) mass is 348 g/mol. The van der Waals surface area contributed by atoms with E-state index in [4.69, 9.17) is 0 Å². The van der Waals surface area contributed by atoms with Gasteiger partial charge in [-0.1, -0.05) is 18.2 Å². The Morgan fingerprint density at radius 2 is 1.96 bits per heavy atom. The fraction of sp³-hybridized carbons (Fsp3) is 0.294. The van der Waals surface area contributed by atoms with Crippen LogP contribution in [0.25, 0.3) is 0 Å². The number of benzene rings is 1. The van der Waals surface area contributed by atoms with Gasteiger partial charge in [-0.3, -0.25) is 9.59 Å². The Bertz CT molecular complexity index is 654. The first-order chi connectivity index (χ1) is 11.0. The molecule has 1 atom stereocenters. The average molecular weight is 348 g/mol. The molecule has 0 fully saturated rings. The van der Waals surface area contributed by atoms with Crippen LogP contribution in [0.4, 0.5) is 0 Å². The fourth-order valence-electron chi connectivity index (χ4n) is 2.15. The molecule has 0 spiro atoms. The molecule has 2 aromatic rings. The molecular formula is C17H20N2O2S2. The quantitative estimate of drug-likeness (QED) is 0.815. The van der Waals surface area contributed by atoms with Gasteiger partial charge in [0.15, 0.2) is 0 Å². The van der Waals surface area contributed by atoms with E-state index in [1.54, 1.807) is 36.7 Å². The molecule has 0 aliphatic carbocycles. The molecule has 1 N–H and O–H groups in total. The van der Waals surface area contributed by atoms with E-state index < -0.39 is 6.04 Å². The van der Waals surface area contributed by atoms with Crippen molar-refractivity contribution >= 4 is 34.9 Å². The van der Waals surface area contributed by atoms with Crippen LogP contribution in [-0.2, 0) is 11.3 Å². The van der Waals surface area contributed by atoms with Gasteiger partial charge in [-0.05, 0) is 42.3 Å². The number of nitrogens with zero attached hydrogens (tertiary/aromatic N) is 1. The van der Waals surface area contributed by atoms with Crippen molar-refractivity contribution in [3.8, 4) is 0 Å². The summed E-state index contributed by atoms with van der Waals surface area (Å²) in [6, 6.07) is 11.1. The van der Waals surface area contributed by atoms with Crippen molar-refractivity contribution in [2.75, 3.05) is 13.3 Å². The van der Waals surface area contributed by atoms with Crippen molar-refractivity contribution in [1.29, 1.82) is 0 Å². The smallest absolute Gasteiger partial charge is 0.261 e. The zero-order valence-corrected chi connectivity index (χ0v) is 15.0. The van der Waals surface area contributed by atoms with Gasteiger partial charge in [0.1, 0.15) is 6.04 Å². The maximum absolute atomic E-state index is 12.4. The highest BCUT2D eigenvalue weighted by Crippen LogP contribution is 2.16. The number of nitrogens with one attached hydrogen (secondary N) is 1. The molecule has 2 rings (SSSR count). The molecule has 1 aromatic heterocycles. The lowest BCUT2D eigenvalue weighted by Crippen LogP contribution is -2.45. The van der Waals surface area contributed by atoms with Crippen LogP contribution in [0.15, 0.2) is 46.7 Å². The minimum atomic E-state index is -0.555. The number of hydrogen-bond acceptors (Lipinski definition) is 4. The van der Waals surface area contributed by atoms with Gasteiger partial charge >= 0.3 is 0 Å². The van der Waals surface area contributed by atoms with Gasteiger partial charge in [0, 0.05) is 18.5 Å². The second-order valence-electron chi connectivity index (χ2n) is 5.21. The van der Waals surface area contributed by atoms with Crippen LogP contribution in [0.2, 0.25) is 0 Å². The Morgan fingerprint density at radius 1 is 1.26 bits per heavy atom. The third-order valence-electron chi connectivity index (χ3n) is 3.42. The van der Waals surface area contributed by atoms with Gasteiger partial charge in [0.05, 0.1) is 4.88 Å². The Balaban J connectivity index is 1.91. The Morgan fingerprint density at radius 3 is 2.52 bits per heavy atom. The average Bonchev–Trinajstić information content (AvgIpc) is 3.09. The SMILES string of the molecule is CSc1ccc(CN(C)C(=O)C(C)NC(=O)c2cccs2)cc1. The van der Waals surface area contributed by atoms with Gasteiger partial charge in [-0.15, -0.1) is 23.1 Å². The third kappa shape index (κ3) is 4.84. The molecule has 0 saturated heterocycles. The minimum absolute atomic E-state index is 0.108. The number of thiophene rings is 1. The lowest BCUT2D eigenvalue weighted by molar-refractivity contribution is -0.132. The van der Waals surface area contributed by atoms with E-state index >= 15 is 0 Å². The largest absolute Gasteiger partial charge is 0.340 e. The van der Waals surface area contributed by atoms with E-state index in [0.29, 0.717) is 11.4 Å². The highest BCUT2D eigenvalue weighted by molar-refractivity contribution is 7.98. The van der Waals surface area contributed by atoms with Crippen LogP contribution in [-0.4, -0.2) is 36.1 Å². The van der Waals surface area contributed by atoms with E-state index in [1.807, 2.05) is 42.0 Å². The lowest BCUT2D eigenvalue weighted by atomic mass is 10.2. The summed E-state index contributed by atoms with van der Waals surface area (Å²) >= 11 is 3.05. The van der Waals surface area contributed by atoms with E-state index in [2.05, 4.69) is 5.32 Å². The van der Waals surface area contributed by atoms with Gasteiger partial charge in [0.2, 0.25) is 5.91 Å². The van der Waals surface area contributed by atoms with Gasteiger partial charge in [-0.25, -0.2) is 0 Å². The van der Waals surface area contributed by atoms with Gasteiger partial charge in [-0.2, -0.15) is 0 Å². The first-order valence-electron chi connectivity index (χ1n) is 7.23. The Hall–Kier alpha value is -1.79. The van der Waals surface area contributed by atoms with Gasteiger partial charge in [0.25, 0.3) is 5.91 Å². The summed E-state index contributed by atoms with van der Waals surface area (Å²) in [5.41, 5.74) is 1.07. The molecule has 122 valence electrons. The molecule has 0 aliphatic heterocycles. The summed E-state index contributed by atoms with van der Waals surface area (Å²) in [4.78, 5) is 27.8. The number of thioether (sulfide) groups is 1. The molecular weight excluding hydrogens is 328 g/mol. The highest BCUT2D eigenvalue weighted by atomic mass is 32.2. The summed E-state index contributed by atoms with van der Waals surface area (Å²) in [7, 11) is 1.75. The van der Waals surface area contributed by atoms with Crippen LogP contribution in [0.5, 0.6) is 0 Å². The van der Waals surface area contributed by atoms with Crippen molar-refractivity contribution in [3.63, 3.8) is 0 Å². The second kappa shape index (κ2) is 8.17. The third-order valence-corrected chi connectivity index (χ3v) is 5.03. The zero-order valence-electron chi connectivity index (χ0n) is 13.4. The number of rotatable bonds is 6. The molecule has 1 aromatic carbocycles. The lowest BCUT2D eigenvalue weighted by Gasteiger charge is -2.22. The molecule has 23 heavy (non-hydrogen) atoms. The summed E-state index contributed by atoms with van der Waals surface area (Å²) in [5, 5.41) is 4.58. The van der Waals surface area contributed by atoms with E-state index in [0.717, 1.165) is 5.56 Å². The molecule has 1 unspecified atom stereocenters.